The predicted octanol–water partition coefficient (Wildman–Crippen LogP) is 1.39. The van der Waals surface area contributed by atoms with E-state index in [-0.39, 0.29) is 10.3 Å². The van der Waals surface area contributed by atoms with Gasteiger partial charge >= 0.3 is 0 Å². The predicted molar refractivity (Wildman–Crippen MR) is 72.9 cm³/mol. The molecule has 2 rings (SSSR count). The SMILES string of the molecule is CNS(=O)(=O)c1cc(N)ccc1NC1CC1(C)C. The zero-order chi connectivity index (χ0) is 13.6. The summed E-state index contributed by atoms with van der Waals surface area (Å²) in [5.74, 6) is 0. The van der Waals surface area contributed by atoms with E-state index in [4.69, 9.17) is 5.73 Å². The smallest absolute Gasteiger partial charge is 0.242 e. The maximum atomic E-state index is 11.9. The fourth-order valence-corrected chi connectivity index (χ4v) is 2.82. The van der Waals surface area contributed by atoms with Gasteiger partial charge < -0.3 is 11.1 Å². The molecule has 0 spiro atoms. The molecule has 18 heavy (non-hydrogen) atoms. The van der Waals surface area contributed by atoms with Crippen LogP contribution in [0.2, 0.25) is 0 Å². The van der Waals surface area contributed by atoms with Gasteiger partial charge in [-0.25, -0.2) is 13.1 Å². The molecule has 1 unspecified atom stereocenters. The first kappa shape index (κ1) is 13.2. The van der Waals surface area contributed by atoms with Crippen LogP contribution < -0.4 is 15.8 Å². The minimum Gasteiger partial charge on any atom is -0.399 e. The third-order valence-electron chi connectivity index (χ3n) is 3.41. The lowest BCUT2D eigenvalue weighted by molar-refractivity contribution is 0.588. The van der Waals surface area contributed by atoms with Crippen LogP contribution in [0.1, 0.15) is 20.3 Å². The van der Waals surface area contributed by atoms with Crippen molar-refractivity contribution in [2.75, 3.05) is 18.1 Å². The number of nitrogens with two attached hydrogens (primary N) is 1. The molecule has 1 aromatic carbocycles. The van der Waals surface area contributed by atoms with Crippen LogP contribution in [0.3, 0.4) is 0 Å². The van der Waals surface area contributed by atoms with Gasteiger partial charge in [0.25, 0.3) is 0 Å². The number of anilines is 2. The van der Waals surface area contributed by atoms with Crippen molar-refractivity contribution in [2.24, 2.45) is 5.41 Å². The molecular weight excluding hydrogens is 250 g/mol. The molecule has 1 fully saturated rings. The van der Waals surface area contributed by atoms with Crippen molar-refractivity contribution in [3.63, 3.8) is 0 Å². The number of nitrogen functional groups attached to an aromatic ring is 1. The Morgan fingerprint density at radius 3 is 2.50 bits per heavy atom. The number of rotatable bonds is 4. The van der Waals surface area contributed by atoms with Gasteiger partial charge in [-0.3, -0.25) is 0 Å². The van der Waals surface area contributed by atoms with Gasteiger partial charge in [0, 0.05) is 11.7 Å². The van der Waals surface area contributed by atoms with Gasteiger partial charge in [0.15, 0.2) is 0 Å². The molecule has 6 heteroatoms. The van der Waals surface area contributed by atoms with Crippen LogP contribution in [0, 0.1) is 5.41 Å². The van der Waals surface area contributed by atoms with Crippen LogP contribution in [0.5, 0.6) is 0 Å². The topological polar surface area (TPSA) is 84.2 Å². The van der Waals surface area contributed by atoms with E-state index in [9.17, 15) is 8.42 Å². The first-order valence-electron chi connectivity index (χ1n) is 5.86. The molecule has 1 aliphatic rings. The summed E-state index contributed by atoms with van der Waals surface area (Å²) in [4.78, 5) is 0.202. The Hall–Kier alpha value is -1.27. The Kier molecular flexibility index (Phi) is 3.03. The van der Waals surface area contributed by atoms with Gasteiger partial charge in [0.05, 0.1) is 5.69 Å². The number of nitrogens with one attached hydrogen (secondary N) is 2. The summed E-state index contributed by atoms with van der Waals surface area (Å²) in [6.45, 7) is 4.29. The summed E-state index contributed by atoms with van der Waals surface area (Å²) in [6.07, 6.45) is 1.04. The Labute approximate surface area is 108 Å². The Bertz CT molecular complexity index is 567. The van der Waals surface area contributed by atoms with Crippen LogP contribution in [-0.2, 0) is 10.0 Å². The highest BCUT2D eigenvalue weighted by Gasteiger charge is 2.46. The van der Waals surface area contributed by atoms with E-state index in [2.05, 4.69) is 23.9 Å². The maximum Gasteiger partial charge on any atom is 0.242 e. The van der Waals surface area contributed by atoms with Gasteiger partial charge in [-0.05, 0) is 37.1 Å². The number of hydrogen-bond acceptors (Lipinski definition) is 4. The first-order valence-corrected chi connectivity index (χ1v) is 7.34. The summed E-state index contributed by atoms with van der Waals surface area (Å²) >= 11 is 0. The van der Waals surface area contributed by atoms with Crippen molar-refractivity contribution >= 4 is 21.4 Å². The summed E-state index contributed by atoms with van der Waals surface area (Å²) < 4.78 is 26.2. The second-order valence-electron chi connectivity index (χ2n) is 5.35. The van der Waals surface area contributed by atoms with Crippen molar-refractivity contribution in [3.05, 3.63) is 18.2 Å². The van der Waals surface area contributed by atoms with Crippen molar-refractivity contribution in [1.82, 2.24) is 4.72 Å². The number of hydrogen-bond donors (Lipinski definition) is 3. The van der Waals surface area contributed by atoms with E-state index < -0.39 is 10.0 Å². The Morgan fingerprint density at radius 1 is 1.39 bits per heavy atom. The quantitative estimate of drug-likeness (QED) is 0.721. The summed E-state index contributed by atoms with van der Waals surface area (Å²) in [7, 11) is -2.11. The van der Waals surface area contributed by atoms with E-state index in [0.717, 1.165) is 6.42 Å². The highest BCUT2D eigenvalue weighted by atomic mass is 32.2. The lowest BCUT2D eigenvalue weighted by Gasteiger charge is -2.14. The Balaban J connectivity index is 2.36. The molecule has 1 saturated carbocycles. The highest BCUT2D eigenvalue weighted by molar-refractivity contribution is 7.89. The average molecular weight is 269 g/mol. The van der Waals surface area contributed by atoms with Crippen LogP contribution >= 0.6 is 0 Å². The van der Waals surface area contributed by atoms with E-state index in [0.29, 0.717) is 17.4 Å². The minimum absolute atomic E-state index is 0.202. The van der Waals surface area contributed by atoms with Crippen molar-refractivity contribution in [1.29, 1.82) is 0 Å². The van der Waals surface area contributed by atoms with Gasteiger partial charge in [0.1, 0.15) is 4.90 Å². The van der Waals surface area contributed by atoms with Crippen molar-refractivity contribution in [3.8, 4) is 0 Å². The van der Waals surface area contributed by atoms with Gasteiger partial charge in [-0.15, -0.1) is 0 Å². The Morgan fingerprint density at radius 2 is 2.00 bits per heavy atom. The molecule has 5 nitrogen and oxygen atoms in total. The van der Waals surface area contributed by atoms with Gasteiger partial charge in [-0.1, -0.05) is 13.8 Å². The molecular formula is C12H19N3O2S. The van der Waals surface area contributed by atoms with Crippen LogP contribution in [0.25, 0.3) is 0 Å². The standard InChI is InChI=1S/C12H19N3O2S/c1-12(2)7-11(12)15-9-5-4-8(13)6-10(9)18(16,17)14-3/h4-6,11,14-15H,7,13H2,1-3H3. The molecule has 0 saturated heterocycles. The molecule has 0 heterocycles. The normalized spacial score (nSPS) is 21.6. The maximum absolute atomic E-state index is 11.9. The number of benzene rings is 1. The molecule has 4 N–H and O–H groups in total. The van der Waals surface area contributed by atoms with Crippen LogP contribution in [-0.4, -0.2) is 21.5 Å². The number of sulfonamides is 1. The van der Waals surface area contributed by atoms with Gasteiger partial charge in [0.2, 0.25) is 10.0 Å². The summed E-state index contributed by atoms with van der Waals surface area (Å²) in [6, 6.07) is 5.20. The molecule has 100 valence electrons. The fraction of sp³-hybridized carbons (Fsp3) is 0.500. The molecule has 1 aromatic rings. The molecule has 0 radical (unpaired) electrons. The van der Waals surface area contributed by atoms with E-state index in [1.165, 1.54) is 13.1 Å². The van der Waals surface area contributed by atoms with Crippen LogP contribution in [0.4, 0.5) is 11.4 Å². The van der Waals surface area contributed by atoms with E-state index in [1.54, 1.807) is 12.1 Å². The third-order valence-corrected chi connectivity index (χ3v) is 4.86. The van der Waals surface area contributed by atoms with Gasteiger partial charge in [-0.2, -0.15) is 0 Å². The largest absolute Gasteiger partial charge is 0.399 e. The first-order chi connectivity index (χ1) is 8.26. The molecule has 1 atom stereocenters. The average Bonchev–Trinajstić information content (AvgIpc) is 2.88. The highest BCUT2D eigenvalue weighted by Crippen LogP contribution is 2.47. The molecule has 0 aromatic heterocycles. The van der Waals surface area contributed by atoms with Crippen molar-refractivity contribution in [2.45, 2.75) is 31.2 Å². The molecule has 0 amide bonds. The monoisotopic (exact) mass is 269 g/mol. The van der Waals surface area contributed by atoms with Crippen LogP contribution in [0.15, 0.2) is 23.1 Å². The second kappa shape index (κ2) is 4.13. The summed E-state index contributed by atoms with van der Waals surface area (Å²) in [5.41, 5.74) is 6.92. The lowest BCUT2D eigenvalue weighted by Crippen LogP contribution is -2.21. The van der Waals surface area contributed by atoms with E-state index in [1.807, 2.05) is 0 Å². The van der Waals surface area contributed by atoms with E-state index >= 15 is 0 Å². The third kappa shape index (κ3) is 2.44. The van der Waals surface area contributed by atoms with Crippen molar-refractivity contribution < 1.29 is 8.42 Å². The molecule has 1 aliphatic carbocycles. The zero-order valence-electron chi connectivity index (χ0n) is 10.8. The molecule has 0 aliphatic heterocycles. The summed E-state index contributed by atoms with van der Waals surface area (Å²) in [5, 5.41) is 3.27. The fourth-order valence-electron chi connectivity index (χ4n) is 1.89. The lowest BCUT2D eigenvalue weighted by atomic mass is 10.2. The minimum atomic E-state index is -3.50. The molecule has 0 bridgehead atoms. The zero-order valence-corrected chi connectivity index (χ0v) is 11.6. The second-order valence-corrected chi connectivity index (χ2v) is 7.21.